The molecule has 0 bridgehead atoms. The predicted molar refractivity (Wildman–Crippen MR) is 160 cm³/mol. The van der Waals surface area contributed by atoms with Gasteiger partial charge >= 0.3 is 17.9 Å². The fraction of sp³-hybridized carbons (Fsp3) is 0.324. The van der Waals surface area contributed by atoms with E-state index in [0.717, 1.165) is 12.8 Å². The number of carbonyl (C=O) groups excluding carboxylic acids is 3. The molecule has 3 rings (SSSR count). The summed E-state index contributed by atoms with van der Waals surface area (Å²) in [6.07, 6.45) is 5.04. The van der Waals surface area contributed by atoms with Gasteiger partial charge in [0.2, 0.25) is 0 Å². The fourth-order valence-electron chi connectivity index (χ4n) is 3.76. The first-order valence-corrected chi connectivity index (χ1v) is 14.1. The molecule has 0 aliphatic rings. The molecule has 42 heavy (non-hydrogen) atoms. The number of benzene rings is 3. The van der Waals surface area contributed by atoms with Crippen molar-refractivity contribution in [3.8, 4) is 23.0 Å². The Hall–Kier alpha value is -4.59. The summed E-state index contributed by atoms with van der Waals surface area (Å²) in [5.74, 6) is 0.520. The number of carbonyl (C=O) groups is 3. The lowest BCUT2D eigenvalue weighted by Gasteiger charge is -2.11. The molecule has 0 heterocycles. The van der Waals surface area contributed by atoms with Gasteiger partial charge in [0.05, 0.1) is 30.9 Å². The molecule has 0 atom stereocenters. The molecule has 222 valence electrons. The number of unbranched alkanes of at least 4 members (excludes halogenated alkanes) is 3. The Bertz CT molecular complexity index is 1340. The van der Waals surface area contributed by atoms with Crippen LogP contribution in [-0.4, -0.2) is 37.7 Å². The summed E-state index contributed by atoms with van der Waals surface area (Å²) in [6, 6.07) is 18.2. The lowest BCUT2D eigenvalue weighted by Crippen LogP contribution is -2.11. The second-order valence-electron chi connectivity index (χ2n) is 9.78. The molecule has 0 aliphatic heterocycles. The van der Waals surface area contributed by atoms with E-state index in [1.54, 1.807) is 80.6 Å². The van der Waals surface area contributed by atoms with Crippen LogP contribution < -0.4 is 18.9 Å². The van der Waals surface area contributed by atoms with E-state index in [-0.39, 0.29) is 6.61 Å². The van der Waals surface area contributed by atoms with E-state index in [0.29, 0.717) is 64.9 Å². The third-order valence-corrected chi connectivity index (χ3v) is 6.15. The highest BCUT2D eigenvalue weighted by atomic mass is 16.5. The fourth-order valence-corrected chi connectivity index (χ4v) is 3.76. The molecule has 0 spiro atoms. The minimum Gasteiger partial charge on any atom is -0.494 e. The molecule has 0 fully saturated rings. The van der Waals surface area contributed by atoms with Gasteiger partial charge < -0.3 is 23.7 Å². The van der Waals surface area contributed by atoms with E-state index in [4.69, 9.17) is 23.7 Å². The molecule has 0 aromatic heterocycles. The number of hydrogen-bond acceptors (Lipinski definition) is 8. The number of aryl methyl sites for hydroxylation is 1. The number of ether oxygens (including phenoxy) is 5. The van der Waals surface area contributed by atoms with Crippen LogP contribution in [0.4, 0.5) is 0 Å². The van der Waals surface area contributed by atoms with E-state index in [9.17, 15) is 14.4 Å². The first kappa shape index (κ1) is 31.9. The molecule has 0 aliphatic carbocycles. The van der Waals surface area contributed by atoms with Crippen LogP contribution in [0.1, 0.15) is 72.2 Å². The van der Waals surface area contributed by atoms with Crippen molar-refractivity contribution in [1.29, 1.82) is 0 Å². The van der Waals surface area contributed by atoms with Crippen LogP contribution in [0.5, 0.6) is 23.0 Å². The average Bonchev–Trinajstić information content (AvgIpc) is 2.98. The molecule has 0 saturated heterocycles. The van der Waals surface area contributed by atoms with Crippen molar-refractivity contribution in [2.45, 2.75) is 52.9 Å². The van der Waals surface area contributed by atoms with Gasteiger partial charge in [0, 0.05) is 12.0 Å². The molecule has 0 amide bonds. The summed E-state index contributed by atoms with van der Waals surface area (Å²) >= 11 is 0. The van der Waals surface area contributed by atoms with Crippen molar-refractivity contribution in [3.05, 3.63) is 95.6 Å². The number of rotatable bonds is 16. The highest BCUT2D eigenvalue weighted by Crippen LogP contribution is 2.26. The van der Waals surface area contributed by atoms with Crippen molar-refractivity contribution in [1.82, 2.24) is 0 Å². The van der Waals surface area contributed by atoms with Gasteiger partial charge in [-0.2, -0.15) is 0 Å². The standard InChI is InChI=1S/C34H38O8/c1-5-6-7-8-20-38-28-14-10-26(11-15-28)33(36)41-30-18-19-31(25(4)23-30)42-34(37)27-12-16-29(17-13-27)39-21-9-22-40-32(35)24(2)3/h10-19,23H,2,5-9,20-22H2,1,3-4H3. The van der Waals surface area contributed by atoms with E-state index >= 15 is 0 Å². The summed E-state index contributed by atoms with van der Waals surface area (Å²) in [6.45, 7) is 10.3. The highest BCUT2D eigenvalue weighted by molar-refractivity contribution is 5.92. The third kappa shape index (κ3) is 10.4. The minimum absolute atomic E-state index is 0.231. The first-order valence-electron chi connectivity index (χ1n) is 14.1. The lowest BCUT2D eigenvalue weighted by molar-refractivity contribution is -0.139. The van der Waals surface area contributed by atoms with Crippen molar-refractivity contribution in [2.75, 3.05) is 19.8 Å². The molecule has 0 unspecified atom stereocenters. The predicted octanol–water partition coefficient (Wildman–Crippen LogP) is 7.28. The van der Waals surface area contributed by atoms with Gasteiger partial charge in [-0.3, -0.25) is 0 Å². The lowest BCUT2D eigenvalue weighted by atomic mass is 10.2. The Morgan fingerprint density at radius 3 is 1.76 bits per heavy atom. The minimum atomic E-state index is -0.534. The maximum Gasteiger partial charge on any atom is 0.343 e. The molecule has 0 N–H and O–H groups in total. The van der Waals surface area contributed by atoms with Gasteiger partial charge in [0.25, 0.3) is 0 Å². The monoisotopic (exact) mass is 574 g/mol. The Labute approximate surface area is 247 Å². The molecule has 0 saturated carbocycles. The van der Waals surface area contributed by atoms with Crippen LogP contribution in [-0.2, 0) is 9.53 Å². The maximum absolute atomic E-state index is 12.7. The SMILES string of the molecule is C=C(C)C(=O)OCCCOc1ccc(C(=O)Oc2ccc(OC(=O)c3ccc(OCCCCCC)cc3)cc2C)cc1. The Kier molecular flexibility index (Phi) is 12.6. The largest absolute Gasteiger partial charge is 0.494 e. The van der Waals surface area contributed by atoms with Crippen LogP contribution in [0.25, 0.3) is 0 Å². The molecule has 3 aromatic carbocycles. The number of esters is 3. The van der Waals surface area contributed by atoms with Gasteiger partial charge in [-0.1, -0.05) is 32.8 Å². The highest BCUT2D eigenvalue weighted by Gasteiger charge is 2.14. The van der Waals surface area contributed by atoms with Crippen molar-refractivity contribution < 1.29 is 38.1 Å². The molecule has 8 nitrogen and oxygen atoms in total. The third-order valence-electron chi connectivity index (χ3n) is 6.15. The second kappa shape index (κ2) is 16.6. The van der Waals surface area contributed by atoms with E-state index in [1.165, 1.54) is 12.8 Å². The van der Waals surface area contributed by atoms with E-state index < -0.39 is 17.9 Å². The maximum atomic E-state index is 12.7. The van der Waals surface area contributed by atoms with Crippen molar-refractivity contribution in [3.63, 3.8) is 0 Å². The molecule has 0 radical (unpaired) electrons. The van der Waals surface area contributed by atoms with Crippen molar-refractivity contribution >= 4 is 17.9 Å². The van der Waals surface area contributed by atoms with Gasteiger partial charge in [0.15, 0.2) is 0 Å². The summed E-state index contributed by atoms with van der Waals surface area (Å²) in [5, 5.41) is 0. The van der Waals surface area contributed by atoms with Crippen molar-refractivity contribution in [2.24, 2.45) is 0 Å². The average molecular weight is 575 g/mol. The van der Waals surface area contributed by atoms with Crippen LogP contribution in [0.3, 0.4) is 0 Å². The molecular weight excluding hydrogens is 536 g/mol. The Morgan fingerprint density at radius 2 is 1.21 bits per heavy atom. The zero-order valence-electron chi connectivity index (χ0n) is 24.5. The van der Waals surface area contributed by atoms with Gasteiger partial charge in [-0.05, 0) is 92.6 Å². The topological polar surface area (TPSA) is 97.4 Å². The summed E-state index contributed by atoms with van der Waals surface area (Å²) < 4.78 is 27.4. The normalized spacial score (nSPS) is 10.5. The Balaban J connectivity index is 1.46. The zero-order valence-corrected chi connectivity index (χ0v) is 24.5. The molecule has 8 heteroatoms. The second-order valence-corrected chi connectivity index (χ2v) is 9.78. The van der Waals surface area contributed by atoms with Crippen LogP contribution in [0.15, 0.2) is 78.9 Å². The Morgan fingerprint density at radius 1 is 0.667 bits per heavy atom. The van der Waals surface area contributed by atoms with E-state index in [2.05, 4.69) is 13.5 Å². The van der Waals surface area contributed by atoms with E-state index in [1.807, 2.05) is 0 Å². The van der Waals surface area contributed by atoms with Gasteiger partial charge in [-0.25, -0.2) is 14.4 Å². The van der Waals surface area contributed by atoms with Crippen LogP contribution in [0, 0.1) is 6.92 Å². The van der Waals surface area contributed by atoms with Gasteiger partial charge in [0.1, 0.15) is 23.0 Å². The first-order chi connectivity index (χ1) is 20.3. The summed E-state index contributed by atoms with van der Waals surface area (Å²) in [7, 11) is 0. The molecular formula is C34H38O8. The van der Waals surface area contributed by atoms with Crippen LogP contribution >= 0.6 is 0 Å². The quantitative estimate of drug-likeness (QED) is 0.0762. The van der Waals surface area contributed by atoms with Gasteiger partial charge in [-0.15, -0.1) is 0 Å². The van der Waals surface area contributed by atoms with Crippen LogP contribution in [0.2, 0.25) is 0 Å². The number of hydrogen-bond donors (Lipinski definition) is 0. The summed E-state index contributed by atoms with van der Waals surface area (Å²) in [4.78, 5) is 36.6. The molecule has 3 aromatic rings. The summed E-state index contributed by atoms with van der Waals surface area (Å²) in [5.41, 5.74) is 1.73. The smallest absolute Gasteiger partial charge is 0.343 e. The zero-order chi connectivity index (χ0) is 30.3.